The second-order valence-corrected chi connectivity index (χ2v) is 9.18. The molecule has 3 aromatic rings. The van der Waals surface area contributed by atoms with Crippen LogP contribution in [0.5, 0.6) is 11.5 Å². The smallest absolute Gasteiger partial charge is 0.410 e. The first kappa shape index (κ1) is 24.0. The first-order chi connectivity index (χ1) is 16.6. The number of amides is 2. The Kier molecular flexibility index (Phi) is 6.37. The first-order valence-corrected chi connectivity index (χ1v) is 11.1. The molecule has 1 aromatic carbocycles. The van der Waals surface area contributed by atoms with E-state index in [-0.39, 0.29) is 17.6 Å². The fourth-order valence-corrected chi connectivity index (χ4v) is 3.91. The Bertz CT molecular complexity index is 1240. The molecule has 3 N–H and O–H groups in total. The molecular formula is C23H29N7O5. The van der Waals surface area contributed by atoms with Crippen molar-refractivity contribution in [1.82, 2.24) is 24.6 Å². The largest absolute Gasteiger partial charge is 0.497 e. The highest BCUT2D eigenvalue weighted by molar-refractivity contribution is 6.13. The Morgan fingerprint density at radius 3 is 2.43 bits per heavy atom. The van der Waals surface area contributed by atoms with Crippen LogP contribution in [-0.2, 0) is 4.74 Å². The van der Waals surface area contributed by atoms with E-state index in [2.05, 4.69) is 20.4 Å². The molecule has 1 aliphatic rings. The van der Waals surface area contributed by atoms with Crippen LogP contribution in [0.15, 0.2) is 24.5 Å². The second kappa shape index (κ2) is 9.28. The second-order valence-electron chi connectivity index (χ2n) is 9.18. The van der Waals surface area contributed by atoms with Crippen molar-refractivity contribution in [2.24, 2.45) is 0 Å². The summed E-state index contributed by atoms with van der Waals surface area (Å²) in [5.41, 5.74) is 6.49. The first-order valence-electron chi connectivity index (χ1n) is 11.1. The minimum absolute atomic E-state index is 0.0793. The van der Waals surface area contributed by atoms with Gasteiger partial charge in [-0.1, -0.05) is 0 Å². The average Bonchev–Trinajstić information content (AvgIpc) is 3.43. The maximum absolute atomic E-state index is 13.3. The highest BCUT2D eigenvalue weighted by Crippen LogP contribution is 2.31. The summed E-state index contributed by atoms with van der Waals surface area (Å²) >= 11 is 0. The maximum atomic E-state index is 13.3. The summed E-state index contributed by atoms with van der Waals surface area (Å²) in [7, 11) is 3.05. The van der Waals surface area contributed by atoms with Gasteiger partial charge in [0.25, 0.3) is 5.91 Å². The highest BCUT2D eigenvalue weighted by Gasteiger charge is 2.33. The van der Waals surface area contributed by atoms with Gasteiger partial charge in [-0.2, -0.15) is 5.10 Å². The topological polar surface area (TPSA) is 147 Å². The third kappa shape index (κ3) is 5.05. The van der Waals surface area contributed by atoms with E-state index in [0.29, 0.717) is 47.7 Å². The van der Waals surface area contributed by atoms with Crippen LogP contribution in [0.2, 0.25) is 0 Å². The number of nitrogens with one attached hydrogen (secondary N) is 1. The summed E-state index contributed by atoms with van der Waals surface area (Å²) in [5, 5.41) is 7.72. The van der Waals surface area contributed by atoms with Crippen molar-refractivity contribution < 1.29 is 23.8 Å². The number of carbonyl (C=O) groups excluding carboxylic acids is 2. The van der Waals surface area contributed by atoms with Crippen molar-refractivity contribution in [2.45, 2.75) is 38.8 Å². The quantitative estimate of drug-likeness (QED) is 0.559. The molecule has 1 atom stereocenters. The normalized spacial score (nSPS) is 15.8. The SMILES string of the molecule is COc1cc(NC(=O)c2nn([C@H]3CCN(C(=O)OC(C)(C)C)C3)c3ncnc(N)c23)cc(OC)c1. The molecule has 0 saturated carbocycles. The van der Waals surface area contributed by atoms with E-state index >= 15 is 0 Å². The van der Waals surface area contributed by atoms with Crippen LogP contribution in [0.1, 0.15) is 43.7 Å². The number of anilines is 2. The Morgan fingerprint density at radius 2 is 1.80 bits per heavy atom. The molecule has 0 unspecified atom stereocenters. The third-order valence-electron chi connectivity index (χ3n) is 5.50. The zero-order valence-electron chi connectivity index (χ0n) is 20.4. The van der Waals surface area contributed by atoms with E-state index in [0.717, 1.165) is 0 Å². The van der Waals surface area contributed by atoms with Crippen molar-refractivity contribution >= 4 is 34.5 Å². The van der Waals surface area contributed by atoms with Crippen LogP contribution in [0.4, 0.5) is 16.3 Å². The number of aromatic nitrogens is 4. The van der Waals surface area contributed by atoms with Crippen molar-refractivity contribution in [3.8, 4) is 11.5 Å². The van der Waals surface area contributed by atoms with Gasteiger partial charge in [0.2, 0.25) is 0 Å². The number of methoxy groups -OCH3 is 2. The Balaban J connectivity index is 1.64. The molecule has 12 heteroatoms. The van der Waals surface area contributed by atoms with Gasteiger partial charge in [0.1, 0.15) is 29.2 Å². The van der Waals surface area contributed by atoms with Gasteiger partial charge in [-0.3, -0.25) is 4.79 Å². The molecule has 0 bridgehead atoms. The molecule has 2 amide bonds. The summed E-state index contributed by atoms with van der Waals surface area (Å²) in [4.78, 5) is 35.8. The minimum Gasteiger partial charge on any atom is -0.497 e. The fourth-order valence-electron chi connectivity index (χ4n) is 3.91. The molecule has 0 radical (unpaired) electrons. The van der Waals surface area contributed by atoms with Gasteiger partial charge < -0.3 is 30.2 Å². The lowest BCUT2D eigenvalue weighted by Gasteiger charge is -2.24. The molecule has 0 aliphatic carbocycles. The van der Waals surface area contributed by atoms with Crippen LogP contribution in [-0.4, -0.2) is 69.6 Å². The predicted molar refractivity (Wildman–Crippen MR) is 129 cm³/mol. The third-order valence-corrected chi connectivity index (χ3v) is 5.50. The highest BCUT2D eigenvalue weighted by atomic mass is 16.6. The van der Waals surface area contributed by atoms with Crippen LogP contribution in [0.3, 0.4) is 0 Å². The fraction of sp³-hybridized carbons (Fsp3) is 0.435. The van der Waals surface area contributed by atoms with E-state index in [9.17, 15) is 9.59 Å². The molecule has 1 aliphatic heterocycles. The minimum atomic E-state index is -0.594. The van der Waals surface area contributed by atoms with Crippen molar-refractivity contribution in [1.29, 1.82) is 0 Å². The lowest BCUT2D eigenvalue weighted by molar-refractivity contribution is 0.0288. The molecule has 0 spiro atoms. The summed E-state index contributed by atoms with van der Waals surface area (Å²) in [6.07, 6.45) is 1.55. The van der Waals surface area contributed by atoms with Crippen molar-refractivity contribution in [2.75, 3.05) is 38.4 Å². The molecule has 186 valence electrons. The van der Waals surface area contributed by atoms with Crippen molar-refractivity contribution in [3.05, 3.63) is 30.2 Å². The molecule has 35 heavy (non-hydrogen) atoms. The number of carbonyl (C=O) groups is 2. The zero-order chi connectivity index (χ0) is 25.3. The number of nitrogen functional groups attached to an aromatic ring is 1. The van der Waals surface area contributed by atoms with E-state index in [1.54, 1.807) is 27.8 Å². The van der Waals surface area contributed by atoms with Gasteiger partial charge in [-0.15, -0.1) is 0 Å². The van der Waals surface area contributed by atoms with Gasteiger partial charge >= 0.3 is 6.09 Å². The zero-order valence-corrected chi connectivity index (χ0v) is 20.4. The summed E-state index contributed by atoms with van der Waals surface area (Å²) in [6, 6.07) is 4.81. The van der Waals surface area contributed by atoms with E-state index in [1.807, 2.05) is 20.8 Å². The lowest BCUT2D eigenvalue weighted by atomic mass is 10.2. The number of nitrogens with two attached hydrogens (primary N) is 1. The average molecular weight is 484 g/mol. The van der Waals surface area contributed by atoms with E-state index in [1.165, 1.54) is 20.5 Å². The summed E-state index contributed by atoms with van der Waals surface area (Å²) < 4.78 is 17.7. The molecular weight excluding hydrogens is 454 g/mol. The van der Waals surface area contributed by atoms with Crippen LogP contribution >= 0.6 is 0 Å². The number of hydrogen-bond acceptors (Lipinski definition) is 9. The number of hydrogen-bond donors (Lipinski definition) is 2. The van der Waals surface area contributed by atoms with E-state index < -0.39 is 17.6 Å². The number of ether oxygens (including phenoxy) is 3. The number of nitrogens with zero attached hydrogens (tertiary/aromatic N) is 5. The van der Waals surface area contributed by atoms with Gasteiger partial charge in [-0.25, -0.2) is 19.4 Å². The molecule has 4 rings (SSSR count). The van der Waals surface area contributed by atoms with Gasteiger partial charge in [0.15, 0.2) is 11.3 Å². The summed E-state index contributed by atoms with van der Waals surface area (Å²) in [6.45, 7) is 6.32. The Hall–Kier alpha value is -4.09. The Labute approximate surface area is 202 Å². The maximum Gasteiger partial charge on any atom is 0.410 e. The van der Waals surface area contributed by atoms with Crippen LogP contribution < -0.4 is 20.5 Å². The van der Waals surface area contributed by atoms with E-state index in [4.69, 9.17) is 19.9 Å². The molecule has 1 saturated heterocycles. The standard InChI is InChI=1S/C23H29N7O5/c1-23(2,3)35-22(32)29-7-6-14(11-29)30-20-17(19(24)25-12-26-20)18(28-30)21(31)27-13-8-15(33-4)10-16(9-13)34-5/h8-10,12,14H,6-7,11H2,1-5H3,(H,27,31)(H2,24,25,26)/t14-/m0/s1. The molecule has 1 fully saturated rings. The lowest BCUT2D eigenvalue weighted by Crippen LogP contribution is -2.35. The number of benzene rings is 1. The molecule has 12 nitrogen and oxygen atoms in total. The van der Waals surface area contributed by atoms with Gasteiger partial charge in [-0.05, 0) is 27.2 Å². The monoisotopic (exact) mass is 483 g/mol. The number of rotatable bonds is 5. The number of fused-ring (bicyclic) bond motifs is 1. The van der Waals surface area contributed by atoms with Crippen LogP contribution in [0.25, 0.3) is 11.0 Å². The van der Waals surface area contributed by atoms with Crippen molar-refractivity contribution in [3.63, 3.8) is 0 Å². The Morgan fingerprint density at radius 1 is 1.11 bits per heavy atom. The number of likely N-dealkylation sites (tertiary alicyclic amines) is 1. The van der Waals surface area contributed by atoms with Crippen LogP contribution in [0, 0.1) is 0 Å². The van der Waals surface area contributed by atoms with Gasteiger partial charge in [0, 0.05) is 37.0 Å². The summed E-state index contributed by atoms with van der Waals surface area (Å²) in [5.74, 6) is 0.682. The van der Waals surface area contributed by atoms with Gasteiger partial charge in [0.05, 0.1) is 25.6 Å². The predicted octanol–water partition coefficient (Wildman–Crippen LogP) is 2.86. The molecule has 2 aromatic heterocycles. The molecule has 3 heterocycles.